The normalized spacial score (nSPS) is 24.2. The molecule has 1 fully saturated rings. The molecule has 3 heteroatoms. The van der Waals surface area contributed by atoms with Gasteiger partial charge in [-0.2, -0.15) is 0 Å². The minimum absolute atomic E-state index is 0.450. The summed E-state index contributed by atoms with van der Waals surface area (Å²) in [6.45, 7) is 11.8. The molecule has 0 aromatic rings. The molecule has 1 aliphatic rings. The van der Waals surface area contributed by atoms with Crippen molar-refractivity contribution in [1.82, 2.24) is 4.90 Å². The predicted octanol–water partition coefficient (Wildman–Crippen LogP) is 2.11. The summed E-state index contributed by atoms with van der Waals surface area (Å²) in [5, 5.41) is 0. The molecular formula is C14H30N2O. The Kier molecular flexibility index (Phi) is 7.09. The molecule has 2 unspecified atom stereocenters. The fourth-order valence-electron chi connectivity index (χ4n) is 2.83. The summed E-state index contributed by atoms with van der Waals surface area (Å²) in [4.78, 5) is 2.55. The standard InChI is InChI=1S/C14H30N2O/c1-4-17-14-6-5-7-16(11-14)10-13(9-15)8-12(2)3/h12-14H,4-11,15H2,1-3H3. The highest BCUT2D eigenvalue weighted by Gasteiger charge is 2.22. The number of nitrogens with zero attached hydrogens (tertiary/aromatic N) is 1. The van der Waals surface area contributed by atoms with Crippen molar-refractivity contribution in [2.45, 2.75) is 46.1 Å². The Morgan fingerprint density at radius 1 is 1.41 bits per heavy atom. The van der Waals surface area contributed by atoms with E-state index in [0.29, 0.717) is 12.0 Å². The Labute approximate surface area is 107 Å². The first kappa shape index (κ1) is 14.9. The van der Waals surface area contributed by atoms with Gasteiger partial charge >= 0.3 is 0 Å². The third-order valence-corrected chi connectivity index (χ3v) is 3.52. The molecule has 0 spiro atoms. The van der Waals surface area contributed by atoms with E-state index in [4.69, 9.17) is 10.5 Å². The average Bonchev–Trinajstić information content (AvgIpc) is 2.28. The third kappa shape index (κ3) is 5.84. The van der Waals surface area contributed by atoms with Crippen LogP contribution >= 0.6 is 0 Å². The van der Waals surface area contributed by atoms with Crippen LogP contribution in [-0.4, -0.2) is 43.8 Å². The highest BCUT2D eigenvalue weighted by atomic mass is 16.5. The Morgan fingerprint density at radius 3 is 2.76 bits per heavy atom. The summed E-state index contributed by atoms with van der Waals surface area (Å²) >= 11 is 0. The van der Waals surface area contributed by atoms with Gasteiger partial charge < -0.3 is 15.4 Å². The van der Waals surface area contributed by atoms with Crippen LogP contribution in [0.1, 0.15) is 40.0 Å². The lowest BCUT2D eigenvalue weighted by Gasteiger charge is -2.34. The molecule has 1 saturated heterocycles. The van der Waals surface area contributed by atoms with Gasteiger partial charge in [0.1, 0.15) is 0 Å². The van der Waals surface area contributed by atoms with Crippen LogP contribution in [0.5, 0.6) is 0 Å². The number of piperidine rings is 1. The van der Waals surface area contributed by atoms with Crippen LogP contribution in [0.2, 0.25) is 0 Å². The van der Waals surface area contributed by atoms with Crippen LogP contribution in [0.3, 0.4) is 0 Å². The molecule has 2 atom stereocenters. The fourth-order valence-corrected chi connectivity index (χ4v) is 2.83. The summed E-state index contributed by atoms with van der Waals surface area (Å²) in [6, 6.07) is 0. The van der Waals surface area contributed by atoms with Crippen molar-refractivity contribution in [2.75, 3.05) is 32.8 Å². The fraction of sp³-hybridized carbons (Fsp3) is 1.00. The molecule has 0 aromatic heterocycles. The molecule has 102 valence electrons. The van der Waals surface area contributed by atoms with Gasteiger partial charge in [-0.25, -0.2) is 0 Å². The summed E-state index contributed by atoms with van der Waals surface area (Å²) < 4.78 is 5.74. The largest absolute Gasteiger partial charge is 0.377 e. The zero-order valence-corrected chi connectivity index (χ0v) is 11.8. The quantitative estimate of drug-likeness (QED) is 0.743. The zero-order valence-electron chi connectivity index (χ0n) is 11.8. The van der Waals surface area contributed by atoms with E-state index in [-0.39, 0.29) is 0 Å². The molecule has 0 radical (unpaired) electrons. The van der Waals surface area contributed by atoms with Crippen LogP contribution in [0, 0.1) is 11.8 Å². The molecule has 17 heavy (non-hydrogen) atoms. The molecule has 0 saturated carbocycles. The maximum absolute atomic E-state index is 5.87. The Balaban J connectivity index is 2.33. The lowest BCUT2D eigenvalue weighted by Crippen LogP contribution is -2.43. The first-order valence-corrected chi connectivity index (χ1v) is 7.19. The van der Waals surface area contributed by atoms with Crippen LogP contribution in [0.15, 0.2) is 0 Å². The van der Waals surface area contributed by atoms with Gasteiger partial charge in [-0.15, -0.1) is 0 Å². The van der Waals surface area contributed by atoms with Crippen molar-refractivity contribution in [1.29, 1.82) is 0 Å². The second-order valence-corrected chi connectivity index (χ2v) is 5.71. The minimum Gasteiger partial charge on any atom is -0.377 e. The van der Waals surface area contributed by atoms with Gasteiger partial charge in [0, 0.05) is 19.7 Å². The molecule has 0 aliphatic carbocycles. The van der Waals surface area contributed by atoms with Crippen molar-refractivity contribution in [3.63, 3.8) is 0 Å². The monoisotopic (exact) mass is 242 g/mol. The van der Waals surface area contributed by atoms with E-state index in [1.54, 1.807) is 0 Å². The van der Waals surface area contributed by atoms with Crippen molar-refractivity contribution in [3.05, 3.63) is 0 Å². The first-order chi connectivity index (χ1) is 8.15. The molecule has 2 N–H and O–H groups in total. The van der Waals surface area contributed by atoms with E-state index in [9.17, 15) is 0 Å². The third-order valence-electron chi connectivity index (χ3n) is 3.52. The Bertz CT molecular complexity index is 195. The van der Waals surface area contributed by atoms with E-state index >= 15 is 0 Å². The predicted molar refractivity (Wildman–Crippen MR) is 73.1 cm³/mol. The molecule has 0 bridgehead atoms. The van der Waals surface area contributed by atoms with Gasteiger partial charge in [0.15, 0.2) is 0 Å². The lowest BCUT2D eigenvalue weighted by molar-refractivity contribution is 0.00140. The zero-order chi connectivity index (χ0) is 12.7. The SMILES string of the molecule is CCOC1CCCN(CC(CN)CC(C)C)C1. The summed E-state index contributed by atoms with van der Waals surface area (Å²) in [5.41, 5.74) is 5.87. The highest BCUT2D eigenvalue weighted by molar-refractivity contribution is 4.76. The maximum Gasteiger partial charge on any atom is 0.0702 e. The Morgan fingerprint density at radius 2 is 2.18 bits per heavy atom. The van der Waals surface area contributed by atoms with Crippen LogP contribution in [-0.2, 0) is 4.74 Å². The smallest absolute Gasteiger partial charge is 0.0702 e. The summed E-state index contributed by atoms with van der Waals surface area (Å²) in [5.74, 6) is 1.39. The summed E-state index contributed by atoms with van der Waals surface area (Å²) in [6.07, 6.45) is 4.18. The van der Waals surface area contributed by atoms with Crippen LogP contribution < -0.4 is 5.73 Å². The van der Waals surface area contributed by atoms with Crippen molar-refractivity contribution in [2.24, 2.45) is 17.6 Å². The van der Waals surface area contributed by atoms with Gasteiger partial charge in [-0.05, 0) is 51.1 Å². The van der Waals surface area contributed by atoms with Crippen molar-refractivity contribution in [3.8, 4) is 0 Å². The molecule has 0 aromatic carbocycles. The molecule has 0 amide bonds. The number of hydrogen-bond acceptors (Lipinski definition) is 3. The number of likely N-dealkylation sites (tertiary alicyclic amines) is 1. The van der Waals surface area contributed by atoms with Gasteiger partial charge in [0.05, 0.1) is 6.10 Å². The molecule has 1 heterocycles. The van der Waals surface area contributed by atoms with Gasteiger partial charge in [-0.3, -0.25) is 0 Å². The molecular weight excluding hydrogens is 212 g/mol. The number of hydrogen-bond donors (Lipinski definition) is 1. The average molecular weight is 242 g/mol. The number of rotatable bonds is 7. The number of ether oxygens (including phenoxy) is 1. The van der Waals surface area contributed by atoms with Crippen LogP contribution in [0.25, 0.3) is 0 Å². The van der Waals surface area contributed by atoms with E-state index < -0.39 is 0 Å². The summed E-state index contributed by atoms with van der Waals surface area (Å²) in [7, 11) is 0. The van der Waals surface area contributed by atoms with Crippen molar-refractivity contribution < 1.29 is 4.74 Å². The van der Waals surface area contributed by atoms with E-state index in [2.05, 4.69) is 25.7 Å². The Hall–Kier alpha value is -0.120. The van der Waals surface area contributed by atoms with Crippen molar-refractivity contribution >= 4 is 0 Å². The molecule has 1 rings (SSSR count). The van der Waals surface area contributed by atoms with Crippen LogP contribution in [0.4, 0.5) is 0 Å². The first-order valence-electron chi connectivity index (χ1n) is 7.19. The van der Waals surface area contributed by atoms with E-state index in [0.717, 1.165) is 32.2 Å². The molecule has 1 aliphatic heterocycles. The highest BCUT2D eigenvalue weighted by Crippen LogP contribution is 2.17. The van der Waals surface area contributed by atoms with Gasteiger partial charge in [0.25, 0.3) is 0 Å². The molecule has 3 nitrogen and oxygen atoms in total. The van der Waals surface area contributed by atoms with E-state index in [1.165, 1.54) is 25.8 Å². The van der Waals surface area contributed by atoms with E-state index in [1.807, 2.05) is 0 Å². The van der Waals surface area contributed by atoms with Gasteiger partial charge in [0.2, 0.25) is 0 Å². The number of nitrogens with two attached hydrogens (primary N) is 1. The maximum atomic E-state index is 5.87. The topological polar surface area (TPSA) is 38.5 Å². The second-order valence-electron chi connectivity index (χ2n) is 5.71. The second kappa shape index (κ2) is 8.06. The lowest BCUT2D eigenvalue weighted by atomic mass is 9.95. The minimum atomic E-state index is 0.450. The van der Waals surface area contributed by atoms with Gasteiger partial charge in [-0.1, -0.05) is 13.8 Å².